The highest BCUT2D eigenvalue weighted by Gasteiger charge is 2.61. The first-order chi connectivity index (χ1) is 17.0. The summed E-state index contributed by atoms with van der Waals surface area (Å²) in [7, 11) is 0. The number of furan rings is 1. The lowest BCUT2D eigenvalue weighted by atomic mass is 9.94. The number of benzene rings is 3. The molecule has 0 radical (unpaired) electrons. The molecule has 6 rings (SSSR count). The number of nitrogens with zero attached hydrogens (tertiary/aromatic N) is 2. The van der Waals surface area contributed by atoms with Gasteiger partial charge in [0.2, 0.25) is 5.91 Å². The molecule has 35 heavy (non-hydrogen) atoms. The molecule has 3 heterocycles. The molecule has 3 atom stereocenters. The van der Waals surface area contributed by atoms with Crippen molar-refractivity contribution < 1.29 is 18.8 Å². The van der Waals surface area contributed by atoms with Crippen LogP contribution in [-0.2, 0) is 14.4 Å². The lowest BCUT2D eigenvalue weighted by molar-refractivity contribution is -0.126. The van der Waals surface area contributed by atoms with Crippen molar-refractivity contribution in [2.75, 3.05) is 9.96 Å². The van der Waals surface area contributed by atoms with Crippen LogP contribution in [0.15, 0.2) is 95.4 Å². The Morgan fingerprint density at radius 1 is 0.743 bits per heavy atom. The maximum atomic E-state index is 13.7. The first-order valence-corrected chi connectivity index (χ1v) is 11.8. The van der Waals surface area contributed by atoms with E-state index in [-0.39, 0.29) is 5.91 Å². The van der Waals surface area contributed by atoms with Gasteiger partial charge in [-0.3, -0.25) is 14.4 Å². The summed E-state index contributed by atoms with van der Waals surface area (Å²) in [4.78, 5) is 34.3. The van der Waals surface area contributed by atoms with Crippen molar-refractivity contribution in [3.8, 4) is 11.3 Å². The Kier molecular flexibility index (Phi) is 5.37. The van der Waals surface area contributed by atoms with Crippen LogP contribution in [0.4, 0.5) is 11.4 Å². The summed E-state index contributed by atoms with van der Waals surface area (Å²) in [5, 5.41) is 2.60. The van der Waals surface area contributed by atoms with E-state index in [1.54, 1.807) is 59.7 Å². The third kappa shape index (κ3) is 3.62. The van der Waals surface area contributed by atoms with E-state index in [0.29, 0.717) is 38.5 Å². The number of para-hydroxylation sites is 2. The van der Waals surface area contributed by atoms with Gasteiger partial charge in [-0.2, -0.15) is 0 Å². The van der Waals surface area contributed by atoms with Gasteiger partial charge in [0.1, 0.15) is 23.5 Å². The first-order valence-electron chi connectivity index (χ1n) is 11.0. The van der Waals surface area contributed by atoms with E-state index in [4.69, 9.17) is 32.5 Å². The summed E-state index contributed by atoms with van der Waals surface area (Å²) in [5.41, 5.74) is 1.85. The summed E-state index contributed by atoms with van der Waals surface area (Å²) in [6, 6.07) is 26.2. The SMILES string of the molecule is O=C1[C@H]2[C@@H](c3ccc(-c4cc(Cl)ccc4Cl)o3)N(c3ccccc3)O[C@H]2C(=O)N1c1ccccc1. The molecule has 0 unspecified atom stereocenters. The Morgan fingerprint density at radius 2 is 1.43 bits per heavy atom. The van der Waals surface area contributed by atoms with Gasteiger partial charge in [-0.25, -0.2) is 9.96 Å². The fourth-order valence-corrected chi connectivity index (χ4v) is 5.06. The topological polar surface area (TPSA) is 63.0 Å². The van der Waals surface area contributed by atoms with Crippen molar-refractivity contribution in [1.29, 1.82) is 0 Å². The van der Waals surface area contributed by atoms with Crippen molar-refractivity contribution in [3.05, 3.63) is 107 Å². The summed E-state index contributed by atoms with van der Waals surface area (Å²) >= 11 is 12.6. The van der Waals surface area contributed by atoms with E-state index in [2.05, 4.69) is 0 Å². The van der Waals surface area contributed by atoms with Gasteiger partial charge in [0.25, 0.3) is 5.91 Å². The molecule has 0 spiro atoms. The van der Waals surface area contributed by atoms with E-state index >= 15 is 0 Å². The van der Waals surface area contributed by atoms with Crippen LogP contribution >= 0.6 is 23.2 Å². The molecule has 174 valence electrons. The molecule has 2 aliphatic heterocycles. The Hall–Kier alpha value is -3.58. The smallest absolute Gasteiger partial charge is 0.266 e. The molecule has 2 aliphatic rings. The number of anilines is 2. The molecule has 3 aromatic carbocycles. The number of fused-ring (bicyclic) bond motifs is 1. The van der Waals surface area contributed by atoms with Gasteiger partial charge in [0.05, 0.1) is 16.4 Å². The predicted molar refractivity (Wildman–Crippen MR) is 133 cm³/mol. The van der Waals surface area contributed by atoms with Crippen LogP contribution in [0, 0.1) is 5.92 Å². The third-order valence-electron chi connectivity index (χ3n) is 6.25. The van der Waals surface area contributed by atoms with E-state index in [9.17, 15) is 9.59 Å². The van der Waals surface area contributed by atoms with E-state index < -0.39 is 24.0 Å². The molecule has 0 N–H and O–H groups in total. The van der Waals surface area contributed by atoms with Gasteiger partial charge in [0.15, 0.2) is 6.10 Å². The molecular weight excluding hydrogens is 487 g/mol. The normalized spacial score (nSPS) is 21.6. The zero-order valence-electron chi connectivity index (χ0n) is 18.2. The molecular formula is C27H18Cl2N2O4. The molecule has 2 saturated heterocycles. The molecule has 0 aliphatic carbocycles. The summed E-state index contributed by atoms with van der Waals surface area (Å²) in [5.74, 6) is -0.562. The summed E-state index contributed by atoms with van der Waals surface area (Å²) in [6.07, 6.45) is -0.976. The summed E-state index contributed by atoms with van der Waals surface area (Å²) < 4.78 is 6.23. The van der Waals surface area contributed by atoms with Crippen molar-refractivity contribution in [2.45, 2.75) is 12.1 Å². The molecule has 4 aromatic rings. The largest absolute Gasteiger partial charge is 0.459 e. The number of hydrogen-bond donors (Lipinski definition) is 0. The Balaban J connectivity index is 1.44. The number of carbonyl (C=O) groups is 2. The molecule has 0 saturated carbocycles. The standard InChI is InChI=1S/C27H18Cl2N2O4/c28-16-11-12-20(29)19(15-16)21-13-14-22(34-21)24-23-25(35-31(24)18-9-5-2-6-10-18)27(33)30(26(23)32)17-7-3-1-4-8-17/h1-15,23-25H/t23-,24+,25+/m0/s1. The van der Waals surface area contributed by atoms with E-state index in [1.165, 1.54) is 4.90 Å². The zero-order valence-corrected chi connectivity index (χ0v) is 19.7. The van der Waals surface area contributed by atoms with Crippen molar-refractivity contribution >= 4 is 46.4 Å². The van der Waals surface area contributed by atoms with Crippen LogP contribution in [-0.4, -0.2) is 17.9 Å². The summed E-state index contributed by atoms with van der Waals surface area (Å²) in [6.45, 7) is 0. The third-order valence-corrected chi connectivity index (χ3v) is 6.82. The highest BCUT2D eigenvalue weighted by Crippen LogP contribution is 2.48. The molecule has 0 bridgehead atoms. The number of hydrogen-bond acceptors (Lipinski definition) is 5. The predicted octanol–water partition coefficient (Wildman–Crippen LogP) is 6.30. The van der Waals surface area contributed by atoms with Gasteiger partial charge in [-0.15, -0.1) is 0 Å². The Morgan fingerprint density at radius 3 is 2.14 bits per heavy atom. The number of rotatable bonds is 4. The van der Waals surface area contributed by atoms with Crippen LogP contribution in [0.3, 0.4) is 0 Å². The fraction of sp³-hybridized carbons (Fsp3) is 0.111. The van der Waals surface area contributed by atoms with E-state index in [1.807, 2.05) is 36.4 Å². The van der Waals surface area contributed by atoms with Gasteiger partial charge in [-0.1, -0.05) is 59.6 Å². The molecule has 2 fully saturated rings. The zero-order chi connectivity index (χ0) is 24.1. The molecule has 8 heteroatoms. The minimum Gasteiger partial charge on any atom is -0.459 e. The number of imide groups is 1. The Labute approximate surface area is 211 Å². The Bertz CT molecular complexity index is 1420. The van der Waals surface area contributed by atoms with Gasteiger partial charge < -0.3 is 4.42 Å². The van der Waals surface area contributed by atoms with Crippen molar-refractivity contribution in [3.63, 3.8) is 0 Å². The lowest BCUT2D eigenvalue weighted by Gasteiger charge is -2.27. The first kappa shape index (κ1) is 21.9. The second-order valence-electron chi connectivity index (χ2n) is 8.33. The number of carbonyl (C=O) groups excluding carboxylic acids is 2. The van der Waals surface area contributed by atoms with Crippen LogP contribution in [0.25, 0.3) is 11.3 Å². The number of hydroxylamine groups is 1. The second kappa shape index (κ2) is 8.57. The maximum Gasteiger partial charge on any atom is 0.266 e. The van der Waals surface area contributed by atoms with Crippen LogP contribution in [0.1, 0.15) is 11.8 Å². The highest BCUT2D eigenvalue weighted by molar-refractivity contribution is 6.35. The van der Waals surface area contributed by atoms with Crippen LogP contribution in [0.5, 0.6) is 0 Å². The number of amides is 2. The molecule has 6 nitrogen and oxygen atoms in total. The monoisotopic (exact) mass is 504 g/mol. The second-order valence-corrected chi connectivity index (χ2v) is 9.18. The minimum absolute atomic E-state index is 0.339. The maximum absolute atomic E-state index is 13.7. The van der Waals surface area contributed by atoms with Gasteiger partial charge >= 0.3 is 0 Å². The fourth-order valence-electron chi connectivity index (χ4n) is 4.68. The number of halogens is 2. The van der Waals surface area contributed by atoms with Crippen molar-refractivity contribution in [1.82, 2.24) is 0 Å². The van der Waals surface area contributed by atoms with Crippen LogP contribution in [0.2, 0.25) is 10.0 Å². The average Bonchev–Trinajstić information content (AvgIpc) is 3.57. The van der Waals surface area contributed by atoms with Crippen molar-refractivity contribution in [2.24, 2.45) is 5.92 Å². The quantitative estimate of drug-likeness (QED) is 0.305. The van der Waals surface area contributed by atoms with E-state index in [0.717, 1.165) is 0 Å². The lowest BCUT2D eigenvalue weighted by Crippen LogP contribution is -2.37. The van der Waals surface area contributed by atoms with Gasteiger partial charge in [-0.05, 0) is 54.6 Å². The highest BCUT2D eigenvalue weighted by atomic mass is 35.5. The van der Waals surface area contributed by atoms with Gasteiger partial charge in [0, 0.05) is 10.6 Å². The minimum atomic E-state index is -0.976. The molecule has 1 aromatic heterocycles. The van der Waals surface area contributed by atoms with Crippen LogP contribution < -0.4 is 9.96 Å². The molecule has 2 amide bonds. The average molecular weight is 505 g/mol.